The molecule has 4 aromatic rings. The second-order valence-electron chi connectivity index (χ2n) is 9.22. The Balaban J connectivity index is 1.47. The van der Waals surface area contributed by atoms with E-state index in [2.05, 4.69) is 63.2 Å². The van der Waals surface area contributed by atoms with Crippen LogP contribution in [0.5, 0.6) is 0 Å². The van der Waals surface area contributed by atoms with Crippen molar-refractivity contribution in [1.29, 1.82) is 0 Å². The lowest BCUT2D eigenvalue weighted by Gasteiger charge is -2.28. The van der Waals surface area contributed by atoms with Crippen LogP contribution in [0.15, 0.2) is 79.0 Å². The highest BCUT2D eigenvalue weighted by atomic mass is 35.5. The molecule has 2 aromatic heterocycles. The zero-order valence-electron chi connectivity index (χ0n) is 20.8. The number of hydrogen-bond donors (Lipinski definition) is 2. The summed E-state index contributed by atoms with van der Waals surface area (Å²) >= 11 is 18.7. The monoisotopic (exact) mass is 549 g/mol. The van der Waals surface area contributed by atoms with Crippen molar-refractivity contribution < 1.29 is 0 Å². The average molecular weight is 551 g/mol. The fraction of sp³-hybridized carbons (Fsp3) is 0.241. The summed E-state index contributed by atoms with van der Waals surface area (Å²) in [6.07, 6.45) is 2.77. The molecule has 1 aliphatic rings. The van der Waals surface area contributed by atoms with Crippen molar-refractivity contribution in [3.05, 3.63) is 112 Å². The Morgan fingerprint density at radius 1 is 1.00 bits per heavy atom. The number of halogens is 2. The summed E-state index contributed by atoms with van der Waals surface area (Å²) in [5.74, 6) is 0. The molecule has 2 N–H and O–H groups in total. The van der Waals surface area contributed by atoms with E-state index in [9.17, 15) is 0 Å². The number of para-hydroxylation sites is 1. The van der Waals surface area contributed by atoms with E-state index in [0.29, 0.717) is 10.0 Å². The summed E-state index contributed by atoms with van der Waals surface area (Å²) in [4.78, 5) is 6.98. The van der Waals surface area contributed by atoms with Crippen LogP contribution >= 0.6 is 35.4 Å². The summed E-state index contributed by atoms with van der Waals surface area (Å²) in [7, 11) is 0. The van der Waals surface area contributed by atoms with Gasteiger partial charge in [-0.3, -0.25) is 4.98 Å². The number of aryl methyl sites for hydroxylation is 1. The molecule has 0 spiro atoms. The van der Waals surface area contributed by atoms with Crippen molar-refractivity contribution in [3.63, 3.8) is 0 Å². The number of anilines is 1. The van der Waals surface area contributed by atoms with Gasteiger partial charge in [0.25, 0.3) is 0 Å². The van der Waals surface area contributed by atoms with E-state index in [0.717, 1.165) is 53.1 Å². The normalized spacial score (nSPS) is 17.2. The third kappa shape index (κ3) is 5.33. The van der Waals surface area contributed by atoms with Gasteiger partial charge in [0, 0.05) is 41.4 Å². The number of rotatable bonds is 8. The summed E-state index contributed by atoms with van der Waals surface area (Å²) < 4.78 is 2.19. The van der Waals surface area contributed by atoms with Crippen LogP contribution in [0.2, 0.25) is 10.0 Å². The third-order valence-electron chi connectivity index (χ3n) is 6.82. The predicted octanol–water partition coefficient (Wildman–Crippen LogP) is 7.27. The Morgan fingerprint density at radius 3 is 2.51 bits per heavy atom. The van der Waals surface area contributed by atoms with Gasteiger partial charge < -0.3 is 20.1 Å². The third-order valence-corrected chi connectivity index (χ3v) is 7.71. The highest BCUT2D eigenvalue weighted by Gasteiger charge is 2.41. The molecule has 3 heterocycles. The number of benzene rings is 2. The fourth-order valence-electron chi connectivity index (χ4n) is 5.14. The van der Waals surface area contributed by atoms with Crippen LogP contribution in [0, 0.1) is 13.8 Å². The molecule has 0 bridgehead atoms. The number of thiocarbonyl (C=S) groups is 1. The average Bonchev–Trinajstić information content (AvgIpc) is 3.38. The maximum absolute atomic E-state index is 6.62. The van der Waals surface area contributed by atoms with Crippen LogP contribution in [0.1, 0.15) is 41.1 Å². The van der Waals surface area contributed by atoms with Gasteiger partial charge in [0.05, 0.1) is 28.5 Å². The lowest BCUT2D eigenvalue weighted by atomic mass is 9.96. The zero-order valence-corrected chi connectivity index (χ0v) is 23.1. The number of nitrogens with one attached hydrogen (secondary N) is 2. The van der Waals surface area contributed by atoms with Crippen molar-refractivity contribution in [2.45, 2.75) is 32.4 Å². The van der Waals surface area contributed by atoms with Crippen LogP contribution in [0.4, 0.5) is 5.69 Å². The van der Waals surface area contributed by atoms with Crippen molar-refractivity contribution in [2.24, 2.45) is 0 Å². The minimum atomic E-state index is -0.0644. The van der Waals surface area contributed by atoms with Crippen LogP contribution in [-0.2, 0) is 0 Å². The molecule has 190 valence electrons. The van der Waals surface area contributed by atoms with Crippen molar-refractivity contribution >= 4 is 46.2 Å². The molecule has 5 rings (SSSR count). The Morgan fingerprint density at radius 2 is 1.78 bits per heavy atom. The van der Waals surface area contributed by atoms with Gasteiger partial charge in [0.15, 0.2) is 5.11 Å². The van der Waals surface area contributed by atoms with Gasteiger partial charge >= 0.3 is 0 Å². The quantitative estimate of drug-likeness (QED) is 0.179. The Kier molecular flexibility index (Phi) is 7.70. The highest BCUT2D eigenvalue weighted by molar-refractivity contribution is 7.80. The number of hydrogen-bond acceptors (Lipinski definition) is 3. The van der Waals surface area contributed by atoms with Gasteiger partial charge in [-0.15, -0.1) is 0 Å². The molecule has 8 heteroatoms. The van der Waals surface area contributed by atoms with Gasteiger partial charge in [-0.25, -0.2) is 0 Å². The van der Waals surface area contributed by atoms with Crippen molar-refractivity contribution in [2.75, 3.05) is 18.4 Å². The van der Waals surface area contributed by atoms with E-state index in [1.807, 2.05) is 48.7 Å². The highest BCUT2D eigenvalue weighted by Crippen LogP contribution is 2.42. The van der Waals surface area contributed by atoms with Crippen LogP contribution in [0.3, 0.4) is 0 Å². The van der Waals surface area contributed by atoms with Crippen molar-refractivity contribution in [1.82, 2.24) is 19.8 Å². The Hall–Kier alpha value is -3.06. The first-order valence-corrected chi connectivity index (χ1v) is 13.5. The predicted molar refractivity (Wildman–Crippen MR) is 157 cm³/mol. The number of pyridine rings is 1. The van der Waals surface area contributed by atoms with Crippen molar-refractivity contribution in [3.8, 4) is 5.69 Å². The molecule has 0 unspecified atom stereocenters. The molecule has 0 saturated carbocycles. The van der Waals surface area contributed by atoms with Crippen LogP contribution in [0.25, 0.3) is 5.69 Å². The molecule has 2 atom stereocenters. The minimum absolute atomic E-state index is 0.00912. The molecule has 2 aromatic carbocycles. The lowest BCUT2D eigenvalue weighted by molar-refractivity contribution is 0.315. The van der Waals surface area contributed by atoms with Gasteiger partial charge in [0.2, 0.25) is 0 Å². The Labute approximate surface area is 233 Å². The maximum Gasteiger partial charge on any atom is 0.170 e. The molecule has 37 heavy (non-hydrogen) atoms. The molecular formula is C29H29Cl2N5S. The van der Waals surface area contributed by atoms with Crippen LogP contribution in [-0.4, -0.2) is 32.7 Å². The molecule has 0 radical (unpaired) electrons. The van der Waals surface area contributed by atoms with E-state index in [-0.39, 0.29) is 12.1 Å². The molecular weight excluding hydrogens is 521 g/mol. The summed E-state index contributed by atoms with van der Waals surface area (Å²) in [5.41, 5.74) is 6.41. The first-order valence-electron chi connectivity index (χ1n) is 12.4. The number of aromatic nitrogens is 2. The molecule has 1 fully saturated rings. The first kappa shape index (κ1) is 25.6. The van der Waals surface area contributed by atoms with E-state index in [1.54, 1.807) is 6.07 Å². The second kappa shape index (κ2) is 11.1. The topological polar surface area (TPSA) is 45.1 Å². The van der Waals surface area contributed by atoms with Crippen LogP contribution < -0.4 is 10.6 Å². The minimum Gasteiger partial charge on any atom is -0.385 e. The van der Waals surface area contributed by atoms with E-state index in [1.165, 1.54) is 5.56 Å². The zero-order chi connectivity index (χ0) is 25.9. The van der Waals surface area contributed by atoms with E-state index < -0.39 is 0 Å². The van der Waals surface area contributed by atoms with Gasteiger partial charge in [-0.05, 0) is 86.6 Å². The smallest absolute Gasteiger partial charge is 0.170 e. The molecule has 5 nitrogen and oxygen atoms in total. The SMILES string of the molecule is Cc1cc([C@@H]2[C@@H](c3ccccn3)NC(=S)N2CCCNc2ccccc2)c(C)n1-c1ccc(Cl)cc1Cl. The molecule has 1 aliphatic heterocycles. The van der Waals surface area contributed by atoms with Gasteiger partial charge in [-0.2, -0.15) is 0 Å². The second-order valence-corrected chi connectivity index (χ2v) is 10.5. The Bertz CT molecular complexity index is 1390. The number of nitrogens with zero attached hydrogens (tertiary/aromatic N) is 3. The van der Waals surface area contributed by atoms with Gasteiger partial charge in [-0.1, -0.05) is 47.5 Å². The lowest BCUT2D eigenvalue weighted by Crippen LogP contribution is -2.31. The standard InChI is InChI=1S/C29H29Cl2N5S/c1-19-17-23(20(2)36(19)26-13-12-21(30)18-24(26)31)28-27(25-11-6-7-14-33-25)34-29(37)35(28)16-8-15-32-22-9-4-3-5-10-22/h3-7,9-14,17-18,27-28,32H,8,15-16H2,1-2H3,(H,34,37)/t27-,28-/m1/s1. The molecule has 0 amide bonds. The largest absolute Gasteiger partial charge is 0.385 e. The fourth-order valence-corrected chi connectivity index (χ4v) is 5.97. The summed E-state index contributed by atoms with van der Waals surface area (Å²) in [5, 5.41) is 9.05. The van der Waals surface area contributed by atoms with E-state index >= 15 is 0 Å². The summed E-state index contributed by atoms with van der Waals surface area (Å²) in [6, 6.07) is 24.1. The van der Waals surface area contributed by atoms with E-state index in [4.69, 9.17) is 35.4 Å². The molecule has 1 saturated heterocycles. The van der Waals surface area contributed by atoms with Gasteiger partial charge in [0.1, 0.15) is 0 Å². The molecule has 0 aliphatic carbocycles. The maximum atomic E-state index is 6.62. The first-order chi connectivity index (χ1) is 17.9. The summed E-state index contributed by atoms with van der Waals surface area (Å²) in [6.45, 7) is 5.90.